The highest BCUT2D eigenvalue weighted by Gasteiger charge is 2.29. The van der Waals surface area contributed by atoms with E-state index in [0.29, 0.717) is 11.6 Å². The first kappa shape index (κ1) is 11.8. The number of carbonyl (C=O) groups excluding carboxylic acids is 1. The summed E-state index contributed by atoms with van der Waals surface area (Å²) < 4.78 is 5.26. The third-order valence-corrected chi connectivity index (χ3v) is 3.87. The Balaban J connectivity index is 1.67. The fourth-order valence-corrected chi connectivity index (χ4v) is 2.56. The molecule has 1 aliphatic carbocycles. The van der Waals surface area contributed by atoms with Crippen LogP contribution in [0.15, 0.2) is 10.6 Å². The lowest BCUT2D eigenvalue weighted by atomic mass is 10.1. The minimum Gasteiger partial charge on any atom is -0.360 e. The highest BCUT2D eigenvalue weighted by atomic mass is 16.5. The molecule has 0 N–H and O–H groups in total. The van der Waals surface area contributed by atoms with Gasteiger partial charge in [-0.05, 0) is 25.7 Å². The van der Waals surface area contributed by atoms with Gasteiger partial charge in [0.2, 0.25) is 0 Å². The Morgan fingerprint density at radius 2 is 1.83 bits per heavy atom. The number of nitrogens with zero attached hydrogens (tertiary/aromatic N) is 2. The molecule has 18 heavy (non-hydrogen) atoms. The van der Waals surface area contributed by atoms with Crippen molar-refractivity contribution >= 4 is 5.91 Å². The van der Waals surface area contributed by atoms with Gasteiger partial charge in [-0.2, -0.15) is 0 Å². The molecule has 0 spiro atoms. The number of hydrogen-bond donors (Lipinski definition) is 0. The predicted octanol–water partition coefficient (Wildman–Crippen LogP) is 2.96. The smallest absolute Gasteiger partial charge is 0.276 e. The van der Waals surface area contributed by atoms with Crippen molar-refractivity contribution in [2.75, 3.05) is 13.1 Å². The van der Waals surface area contributed by atoms with Crippen LogP contribution < -0.4 is 0 Å². The van der Waals surface area contributed by atoms with Gasteiger partial charge in [0, 0.05) is 25.1 Å². The summed E-state index contributed by atoms with van der Waals surface area (Å²) in [7, 11) is 0. The Morgan fingerprint density at radius 3 is 2.50 bits per heavy atom. The van der Waals surface area contributed by atoms with Crippen molar-refractivity contribution in [1.29, 1.82) is 0 Å². The van der Waals surface area contributed by atoms with Crippen LogP contribution in [0.5, 0.6) is 0 Å². The van der Waals surface area contributed by atoms with Crippen LogP contribution in [0.3, 0.4) is 0 Å². The SMILES string of the molecule is O=C(c1cc(C2CC2)on1)N1CCCCCCC1. The highest BCUT2D eigenvalue weighted by molar-refractivity contribution is 5.92. The van der Waals surface area contributed by atoms with E-state index in [2.05, 4.69) is 5.16 Å². The summed E-state index contributed by atoms with van der Waals surface area (Å²) in [6.45, 7) is 1.73. The van der Waals surface area contributed by atoms with Gasteiger partial charge < -0.3 is 9.42 Å². The van der Waals surface area contributed by atoms with Crippen molar-refractivity contribution in [3.63, 3.8) is 0 Å². The first-order valence-corrected chi connectivity index (χ1v) is 7.10. The van der Waals surface area contributed by atoms with Crippen LogP contribution in [0.4, 0.5) is 0 Å². The second-order valence-electron chi connectivity index (χ2n) is 5.45. The number of likely N-dealkylation sites (tertiary alicyclic amines) is 1. The van der Waals surface area contributed by atoms with Crippen LogP contribution in [0.25, 0.3) is 0 Å². The van der Waals surface area contributed by atoms with Crippen molar-refractivity contribution in [3.8, 4) is 0 Å². The van der Waals surface area contributed by atoms with Gasteiger partial charge >= 0.3 is 0 Å². The summed E-state index contributed by atoms with van der Waals surface area (Å²) in [5.74, 6) is 1.46. The van der Waals surface area contributed by atoms with Crippen molar-refractivity contribution in [2.24, 2.45) is 0 Å². The van der Waals surface area contributed by atoms with E-state index in [1.807, 2.05) is 11.0 Å². The van der Waals surface area contributed by atoms with E-state index in [0.717, 1.165) is 31.7 Å². The van der Waals surface area contributed by atoms with Gasteiger partial charge in [0.1, 0.15) is 5.76 Å². The Hall–Kier alpha value is -1.32. The number of amides is 1. The molecule has 0 atom stereocenters. The first-order chi connectivity index (χ1) is 8.84. The second-order valence-corrected chi connectivity index (χ2v) is 5.45. The standard InChI is InChI=1S/C14H20N2O2/c17-14(16-8-4-2-1-3-5-9-16)12-10-13(18-15-12)11-6-7-11/h10-11H,1-9H2. The molecule has 1 aromatic rings. The monoisotopic (exact) mass is 248 g/mol. The molecular weight excluding hydrogens is 228 g/mol. The van der Waals surface area contributed by atoms with E-state index in [1.54, 1.807) is 0 Å². The molecule has 0 aromatic carbocycles. The predicted molar refractivity (Wildman–Crippen MR) is 67.5 cm³/mol. The zero-order valence-corrected chi connectivity index (χ0v) is 10.7. The Kier molecular flexibility index (Phi) is 3.35. The molecule has 2 fully saturated rings. The lowest BCUT2D eigenvalue weighted by Gasteiger charge is -2.23. The van der Waals surface area contributed by atoms with Gasteiger partial charge in [-0.1, -0.05) is 24.4 Å². The first-order valence-electron chi connectivity index (χ1n) is 7.10. The molecule has 4 nitrogen and oxygen atoms in total. The van der Waals surface area contributed by atoms with Gasteiger partial charge in [-0.3, -0.25) is 4.79 Å². The molecule has 0 unspecified atom stereocenters. The minimum atomic E-state index is 0.0487. The van der Waals surface area contributed by atoms with Crippen LogP contribution in [0.1, 0.15) is 67.1 Å². The molecule has 1 saturated heterocycles. The van der Waals surface area contributed by atoms with E-state index >= 15 is 0 Å². The van der Waals surface area contributed by atoms with Gasteiger partial charge in [0.05, 0.1) is 0 Å². The number of rotatable bonds is 2. The van der Waals surface area contributed by atoms with Gasteiger partial charge in [0.15, 0.2) is 5.69 Å². The summed E-state index contributed by atoms with van der Waals surface area (Å²) in [5.41, 5.74) is 0.498. The quantitative estimate of drug-likeness (QED) is 0.808. The third kappa shape index (κ3) is 2.57. The lowest BCUT2D eigenvalue weighted by Crippen LogP contribution is -2.34. The fourth-order valence-electron chi connectivity index (χ4n) is 2.56. The number of hydrogen-bond acceptors (Lipinski definition) is 3. The van der Waals surface area contributed by atoms with E-state index in [4.69, 9.17) is 4.52 Å². The topological polar surface area (TPSA) is 46.3 Å². The van der Waals surface area contributed by atoms with Crippen LogP contribution in [-0.4, -0.2) is 29.1 Å². The van der Waals surface area contributed by atoms with Crippen molar-refractivity contribution in [3.05, 3.63) is 17.5 Å². The van der Waals surface area contributed by atoms with Crippen molar-refractivity contribution in [1.82, 2.24) is 10.1 Å². The van der Waals surface area contributed by atoms with E-state index in [1.165, 1.54) is 32.1 Å². The van der Waals surface area contributed by atoms with E-state index < -0.39 is 0 Å². The maximum absolute atomic E-state index is 12.3. The molecule has 1 aromatic heterocycles. The van der Waals surface area contributed by atoms with Gasteiger partial charge in [0.25, 0.3) is 5.91 Å². The molecule has 1 saturated carbocycles. The zero-order chi connectivity index (χ0) is 12.4. The summed E-state index contributed by atoms with van der Waals surface area (Å²) in [5, 5.41) is 3.94. The average Bonchev–Trinajstić information content (AvgIpc) is 3.06. The second kappa shape index (κ2) is 5.12. The molecule has 1 amide bonds. The minimum absolute atomic E-state index is 0.0487. The van der Waals surface area contributed by atoms with Crippen molar-refractivity contribution < 1.29 is 9.32 Å². The Morgan fingerprint density at radius 1 is 1.17 bits per heavy atom. The molecule has 0 radical (unpaired) electrons. The summed E-state index contributed by atoms with van der Waals surface area (Å²) >= 11 is 0. The highest BCUT2D eigenvalue weighted by Crippen LogP contribution is 2.40. The summed E-state index contributed by atoms with van der Waals surface area (Å²) in [4.78, 5) is 14.3. The van der Waals surface area contributed by atoms with Gasteiger partial charge in [-0.25, -0.2) is 0 Å². The fraction of sp³-hybridized carbons (Fsp3) is 0.714. The largest absolute Gasteiger partial charge is 0.360 e. The third-order valence-electron chi connectivity index (χ3n) is 3.87. The summed E-state index contributed by atoms with van der Waals surface area (Å²) in [6.07, 6.45) is 8.33. The Labute approximate surface area is 107 Å². The zero-order valence-electron chi connectivity index (χ0n) is 10.7. The number of aromatic nitrogens is 1. The van der Waals surface area contributed by atoms with E-state index in [-0.39, 0.29) is 5.91 Å². The maximum Gasteiger partial charge on any atom is 0.276 e. The maximum atomic E-state index is 12.3. The van der Waals surface area contributed by atoms with Crippen LogP contribution in [0, 0.1) is 0 Å². The molecule has 2 heterocycles. The molecular formula is C14H20N2O2. The van der Waals surface area contributed by atoms with Crippen molar-refractivity contribution in [2.45, 2.75) is 50.9 Å². The molecule has 3 rings (SSSR count). The Bertz CT molecular complexity index is 415. The molecule has 98 valence electrons. The van der Waals surface area contributed by atoms with E-state index in [9.17, 15) is 4.79 Å². The van der Waals surface area contributed by atoms with Crippen LogP contribution in [0.2, 0.25) is 0 Å². The molecule has 4 heteroatoms. The molecule has 2 aliphatic rings. The summed E-state index contributed by atoms with van der Waals surface area (Å²) in [6, 6.07) is 1.85. The van der Waals surface area contributed by atoms with Gasteiger partial charge in [-0.15, -0.1) is 0 Å². The molecule has 1 aliphatic heterocycles. The molecule has 0 bridgehead atoms. The lowest BCUT2D eigenvalue weighted by molar-refractivity contribution is 0.0732. The normalized spacial score (nSPS) is 21.4. The van der Waals surface area contributed by atoms with Crippen LogP contribution >= 0.6 is 0 Å². The average molecular weight is 248 g/mol. The number of carbonyl (C=O) groups is 1. The van der Waals surface area contributed by atoms with Crippen LogP contribution in [-0.2, 0) is 0 Å².